The second-order valence-electron chi connectivity index (χ2n) is 4.68. The SMILES string of the molecule is CCCc1nnc(SCC(=O)O)n1C(C)c1nncn1C. The zero-order chi connectivity index (χ0) is 15.4. The molecular formula is C12H18N6O2S. The van der Waals surface area contributed by atoms with Gasteiger partial charge in [0.2, 0.25) is 0 Å². The van der Waals surface area contributed by atoms with Gasteiger partial charge >= 0.3 is 5.97 Å². The van der Waals surface area contributed by atoms with Crippen LogP contribution in [0.4, 0.5) is 0 Å². The van der Waals surface area contributed by atoms with Crippen molar-refractivity contribution in [2.75, 3.05) is 5.75 Å². The van der Waals surface area contributed by atoms with Crippen molar-refractivity contribution in [3.8, 4) is 0 Å². The third kappa shape index (κ3) is 3.41. The molecule has 0 radical (unpaired) electrons. The number of aliphatic carboxylic acids is 1. The van der Waals surface area contributed by atoms with Crippen molar-refractivity contribution >= 4 is 17.7 Å². The van der Waals surface area contributed by atoms with Gasteiger partial charge in [-0.2, -0.15) is 0 Å². The second kappa shape index (κ2) is 6.70. The van der Waals surface area contributed by atoms with Crippen LogP contribution in [0.1, 0.15) is 38.0 Å². The van der Waals surface area contributed by atoms with E-state index in [4.69, 9.17) is 5.11 Å². The summed E-state index contributed by atoms with van der Waals surface area (Å²) in [6.45, 7) is 4.05. The third-order valence-electron chi connectivity index (χ3n) is 3.04. The molecule has 0 bridgehead atoms. The molecule has 2 rings (SSSR count). The monoisotopic (exact) mass is 310 g/mol. The van der Waals surface area contributed by atoms with Gasteiger partial charge in [-0.3, -0.25) is 9.36 Å². The minimum atomic E-state index is -0.877. The first-order chi connectivity index (χ1) is 10.0. The van der Waals surface area contributed by atoms with Gasteiger partial charge in [0.1, 0.15) is 12.2 Å². The minimum absolute atomic E-state index is 0.0458. The topological polar surface area (TPSA) is 98.7 Å². The largest absolute Gasteiger partial charge is 0.481 e. The Bertz CT molecular complexity index is 623. The third-order valence-corrected chi connectivity index (χ3v) is 3.97. The molecule has 1 atom stereocenters. The number of nitrogens with zero attached hydrogens (tertiary/aromatic N) is 6. The van der Waals surface area contributed by atoms with Gasteiger partial charge in [0.25, 0.3) is 0 Å². The molecule has 8 nitrogen and oxygen atoms in total. The molecule has 0 aliphatic carbocycles. The number of thioether (sulfide) groups is 1. The molecule has 2 aromatic rings. The molecule has 21 heavy (non-hydrogen) atoms. The first kappa shape index (κ1) is 15.5. The molecular weight excluding hydrogens is 292 g/mol. The number of hydrogen-bond donors (Lipinski definition) is 1. The predicted molar refractivity (Wildman–Crippen MR) is 77.2 cm³/mol. The fourth-order valence-corrected chi connectivity index (χ4v) is 2.85. The van der Waals surface area contributed by atoms with Crippen molar-refractivity contribution in [3.63, 3.8) is 0 Å². The van der Waals surface area contributed by atoms with Crippen LogP contribution in [0.5, 0.6) is 0 Å². The van der Waals surface area contributed by atoms with Gasteiger partial charge in [-0.1, -0.05) is 18.7 Å². The Balaban J connectivity index is 2.36. The van der Waals surface area contributed by atoms with Crippen molar-refractivity contribution < 1.29 is 9.90 Å². The molecule has 0 saturated carbocycles. The maximum absolute atomic E-state index is 10.8. The van der Waals surface area contributed by atoms with Crippen LogP contribution in [0.3, 0.4) is 0 Å². The molecule has 0 aliphatic heterocycles. The molecule has 0 saturated heterocycles. The fourth-order valence-electron chi connectivity index (χ4n) is 2.10. The summed E-state index contributed by atoms with van der Waals surface area (Å²) in [5.41, 5.74) is 0. The Hall–Kier alpha value is -1.90. The number of hydrogen-bond acceptors (Lipinski definition) is 6. The number of aromatic nitrogens is 6. The summed E-state index contributed by atoms with van der Waals surface area (Å²) in [7, 11) is 1.87. The van der Waals surface area contributed by atoms with Gasteiger partial charge < -0.3 is 9.67 Å². The molecule has 9 heteroatoms. The van der Waals surface area contributed by atoms with E-state index >= 15 is 0 Å². The number of rotatable bonds is 7. The quantitative estimate of drug-likeness (QED) is 0.766. The van der Waals surface area contributed by atoms with E-state index < -0.39 is 5.97 Å². The lowest BCUT2D eigenvalue weighted by molar-refractivity contribution is -0.133. The number of aryl methyl sites for hydroxylation is 2. The summed E-state index contributed by atoms with van der Waals surface area (Å²) in [5.74, 6) is 0.693. The van der Waals surface area contributed by atoms with Crippen LogP contribution in [0.2, 0.25) is 0 Å². The van der Waals surface area contributed by atoms with Crippen LogP contribution in [-0.4, -0.2) is 46.4 Å². The van der Waals surface area contributed by atoms with Gasteiger partial charge in [0.15, 0.2) is 11.0 Å². The highest BCUT2D eigenvalue weighted by Crippen LogP contribution is 2.25. The van der Waals surface area contributed by atoms with Crippen LogP contribution in [0, 0.1) is 0 Å². The minimum Gasteiger partial charge on any atom is -0.481 e. The molecule has 2 heterocycles. The lowest BCUT2D eigenvalue weighted by atomic mass is 10.2. The lowest BCUT2D eigenvalue weighted by Gasteiger charge is -2.16. The van der Waals surface area contributed by atoms with Gasteiger partial charge in [-0.25, -0.2) is 0 Å². The van der Waals surface area contributed by atoms with Crippen molar-refractivity contribution in [1.29, 1.82) is 0 Å². The van der Waals surface area contributed by atoms with Crippen molar-refractivity contribution in [3.05, 3.63) is 18.0 Å². The molecule has 0 aliphatic rings. The molecule has 2 aromatic heterocycles. The molecule has 1 unspecified atom stereocenters. The molecule has 0 spiro atoms. The predicted octanol–water partition coefficient (Wildman–Crippen LogP) is 1.15. The van der Waals surface area contributed by atoms with Crippen molar-refractivity contribution in [2.45, 2.75) is 37.9 Å². The van der Waals surface area contributed by atoms with E-state index in [1.165, 1.54) is 11.8 Å². The van der Waals surface area contributed by atoms with Crippen molar-refractivity contribution in [2.24, 2.45) is 7.05 Å². The van der Waals surface area contributed by atoms with E-state index in [1.54, 1.807) is 6.33 Å². The summed E-state index contributed by atoms with van der Waals surface area (Å²) in [4.78, 5) is 10.8. The summed E-state index contributed by atoms with van der Waals surface area (Å²) in [6, 6.07) is -0.106. The van der Waals surface area contributed by atoms with Crippen LogP contribution in [-0.2, 0) is 18.3 Å². The maximum atomic E-state index is 10.8. The smallest absolute Gasteiger partial charge is 0.313 e. The summed E-state index contributed by atoms with van der Waals surface area (Å²) >= 11 is 1.17. The van der Waals surface area contributed by atoms with Crippen LogP contribution >= 0.6 is 11.8 Å². The summed E-state index contributed by atoms with van der Waals surface area (Å²) in [5, 5.41) is 25.8. The van der Waals surface area contributed by atoms with Crippen molar-refractivity contribution in [1.82, 2.24) is 29.5 Å². The molecule has 0 fully saturated rings. The fraction of sp³-hybridized carbons (Fsp3) is 0.583. The van der Waals surface area contributed by atoms with Gasteiger partial charge in [-0.05, 0) is 13.3 Å². The average molecular weight is 310 g/mol. The first-order valence-electron chi connectivity index (χ1n) is 6.66. The highest BCUT2D eigenvalue weighted by molar-refractivity contribution is 7.99. The number of carbonyl (C=O) groups is 1. The molecule has 114 valence electrons. The van der Waals surface area contributed by atoms with E-state index in [0.29, 0.717) is 5.16 Å². The van der Waals surface area contributed by atoms with Crippen LogP contribution in [0.25, 0.3) is 0 Å². The van der Waals surface area contributed by atoms with E-state index in [1.807, 2.05) is 23.1 Å². The number of carboxylic acid groups (broad SMARTS) is 1. The summed E-state index contributed by atoms with van der Waals surface area (Å²) < 4.78 is 3.78. The summed E-state index contributed by atoms with van der Waals surface area (Å²) in [6.07, 6.45) is 3.36. The number of carboxylic acids is 1. The van der Waals surface area contributed by atoms with Crippen LogP contribution < -0.4 is 0 Å². The Labute approximate surface area is 126 Å². The highest BCUT2D eigenvalue weighted by Gasteiger charge is 2.22. The second-order valence-corrected chi connectivity index (χ2v) is 5.62. The maximum Gasteiger partial charge on any atom is 0.313 e. The van der Waals surface area contributed by atoms with E-state index in [9.17, 15) is 4.79 Å². The Morgan fingerprint density at radius 3 is 2.76 bits per heavy atom. The van der Waals surface area contributed by atoms with Gasteiger partial charge in [0, 0.05) is 13.5 Å². The molecule has 0 aromatic carbocycles. The highest BCUT2D eigenvalue weighted by atomic mass is 32.2. The first-order valence-corrected chi connectivity index (χ1v) is 7.65. The van der Waals surface area contributed by atoms with Gasteiger partial charge in [0.05, 0.1) is 11.8 Å². The van der Waals surface area contributed by atoms with E-state index in [2.05, 4.69) is 27.3 Å². The standard InChI is InChI=1S/C12H18N6O2S/c1-4-5-9-14-16-12(21-6-10(19)20)18(9)8(2)11-15-13-7-17(11)3/h7-8H,4-6H2,1-3H3,(H,19,20). The van der Waals surface area contributed by atoms with E-state index in [-0.39, 0.29) is 11.8 Å². The van der Waals surface area contributed by atoms with E-state index in [0.717, 1.165) is 24.5 Å². The lowest BCUT2D eigenvalue weighted by Crippen LogP contribution is -2.16. The Morgan fingerprint density at radius 2 is 2.19 bits per heavy atom. The molecule has 0 amide bonds. The Kier molecular flexibility index (Phi) is 4.94. The van der Waals surface area contributed by atoms with Crippen LogP contribution in [0.15, 0.2) is 11.5 Å². The normalized spacial score (nSPS) is 12.5. The Morgan fingerprint density at radius 1 is 1.43 bits per heavy atom. The average Bonchev–Trinajstić information content (AvgIpc) is 3.02. The van der Waals surface area contributed by atoms with Gasteiger partial charge in [-0.15, -0.1) is 20.4 Å². The molecule has 1 N–H and O–H groups in total. The zero-order valence-corrected chi connectivity index (χ0v) is 13.0. The zero-order valence-electron chi connectivity index (χ0n) is 12.2.